The fraction of sp³-hybridized carbons (Fsp3) is 0.0323. The summed E-state index contributed by atoms with van der Waals surface area (Å²) < 4.78 is 2.61. The number of hydrogen-bond acceptors (Lipinski definition) is 2. The highest BCUT2D eigenvalue weighted by atomic mass is 32.1. The number of thiophene rings is 1. The molecule has 0 saturated heterocycles. The zero-order valence-corrected chi connectivity index (χ0v) is 35.7. The number of fused-ring (bicyclic) bond motifs is 16. The van der Waals surface area contributed by atoms with Gasteiger partial charge < -0.3 is 4.90 Å². The first kappa shape index (κ1) is 35.8. The van der Waals surface area contributed by atoms with Crippen molar-refractivity contribution in [2.45, 2.75) is 10.8 Å². The lowest BCUT2D eigenvalue weighted by atomic mass is 9.68. The van der Waals surface area contributed by atoms with Crippen molar-refractivity contribution < 1.29 is 0 Å². The van der Waals surface area contributed by atoms with Crippen molar-refractivity contribution in [1.82, 2.24) is 0 Å². The van der Waals surface area contributed by atoms with Crippen molar-refractivity contribution in [3.8, 4) is 33.4 Å². The monoisotopic (exact) mass is 829 g/mol. The lowest BCUT2D eigenvalue weighted by Crippen LogP contribution is -2.28. The average molecular weight is 830 g/mol. The van der Waals surface area contributed by atoms with Gasteiger partial charge >= 0.3 is 0 Å². The number of rotatable bonds is 5. The van der Waals surface area contributed by atoms with Crippen molar-refractivity contribution >= 4 is 48.6 Å². The van der Waals surface area contributed by atoms with Crippen LogP contribution in [-0.2, 0) is 10.8 Å². The Hall–Kier alpha value is -7.78. The molecule has 298 valence electrons. The highest BCUT2D eigenvalue weighted by Gasteiger charge is 2.52. The molecule has 64 heavy (non-hydrogen) atoms. The van der Waals surface area contributed by atoms with E-state index in [0.29, 0.717) is 0 Å². The summed E-state index contributed by atoms with van der Waals surface area (Å²) in [5.74, 6) is 0. The van der Waals surface area contributed by atoms with Gasteiger partial charge in [0.2, 0.25) is 0 Å². The molecule has 1 heterocycles. The van der Waals surface area contributed by atoms with E-state index in [9.17, 15) is 0 Å². The Morgan fingerprint density at radius 3 is 1.27 bits per heavy atom. The summed E-state index contributed by atoms with van der Waals surface area (Å²) in [5.41, 5.74) is 20.9. The van der Waals surface area contributed by atoms with E-state index in [1.54, 1.807) is 0 Å². The molecule has 0 fully saturated rings. The molecule has 1 spiro atoms. The molecule has 0 aliphatic heterocycles. The minimum absolute atomic E-state index is 0.391. The van der Waals surface area contributed by atoms with Crippen molar-refractivity contribution in [3.05, 3.63) is 281 Å². The molecule has 0 bridgehead atoms. The van der Waals surface area contributed by atoms with E-state index in [0.717, 1.165) is 17.1 Å². The van der Waals surface area contributed by atoms with E-state index in [-0.39, 0.29) is 0 Å². The molecular formula is C62H39NS. The van der Waals surface area contributed by atoms with Gasteiger partial charge in [-0.2, -0.15) is 0 Å². The Kier molecular flexibility index (Phi) is 7.47. The predicted molar refractivity (Wildman–Crippen MR) is 268 cm³/mol. The molecule has 3 aliphatic rings. The van der Waals surface area contributed by atoms with Gasteiger partial charge in [-0.25, -0.2) is 0 Å². The zero-order valence-electron chi connectivity index (χ0n) is 34.9. The minimum atomic E-state index is -0.466. The average Bonchev–Trinajstić information content (AvgIpc) is 4.07. The molecule has 0 unspecified atom stereocenters. The summed E-state index contributed by atoms with van der Waals surface area (Å²) in [7, 11) is 0. The first-order valence-corrected chi connectivity index (χ1v) is 23.1. The van der Waals surface area contributed by atoms with Crippen LogP contribution in [0.4, 0.5) is 17.1 Å². The van der Waals surface area contributed by atoms with Gasteiger partial charge in [-0.15, -0.1) is 11.3 Å². The molecule has 1 aromatic heterocycles. The van der Waals surface area contributed by atoms with Gasteiger partial charge in [-0.05, 0) is 126 Å². The van der Waals surface area contributed by atoms with Crippen LogP contribution in [0, 0.1) is 0 Å². The van der Waals surface area contributed by atoms with Gasteiger partial charge in [-0.3, -0.25) is 0 Å². The highest BCUT2D eigenvalue weighted by molar-refractivity contribution is 7.25. The fourth-order valence-corrected chi connectivity index (χ4v) is 13.2. The Labute approximate surface area is 376 Å². The number of nitrogens with zero attached hydrogens (tertiary/aromatic N) is 1. The van der Waals surface area contributed by atoms with Crippen LogP contribution >= 0.6 is 11.3 Å². The SMILES string of the molecule is c1ccc(C2(c3ccc(N(c4ccc5c(c4)-c4ccccc4C54c5ccccc5-c5ccccc54)c4ccc5sc6ccccc6c5c4)cc3)c3ccccc3-c3ccccc32)cc1. The minimum Gasteiger partial charge on any atom is -0.310 e. The smallest absolute Gasteiger partial charge is 0.0725 e. The van der Waals surface area contributed by atoms with Crippen molar-refractivity contribution in [2.24, 2.45) is 0 Å². The molecule has 11 aromatic rings. The summed E-state index contributed by atoms with van der Waals surface area (Å²) in [4.78, 5) is 2.48. The molecule has 0 radical (unpaired) electrons. The van der Waals surface area contributed by atoms with Gasteiger partial charge in [0, 0.05) is 37.2 Å². The normalized spacial score (nSPS) is 14.2. The summed E-state index contributed by atoms with van der Waals surface area (Å²) in [5, 5.41) is 2.58. The Balaban J connectivity index is 0.995. The number of anilines is 3. The quantitative estimate of drug-likeness (QED) is 0.167. The molecule has 0 N–H and O–H groups in total. The molecule has 14 rings (SSSR count). The van der Waals surface area contributed by atoms with E-state index in [4.69, 9.17) is 0 Å². The summed E-state index contributed by atoms with van der Waals surface area (Å²) in [6, 6.07) is 88.9. The lowest BCUT2D eigenvalue weighted by Gasteiger charge is -2.34. The molecular weight excluding hydrogens is 791 g/mol. The Morgan fingerprint density at radius 1 is 0.266 bits per heavy atom. The van der Waals surface area contributed by atoms with Crippen LogP contribution in [0.1, 0.15) is 44.5 Å². The van der Waals surface area contributed by atoms with E-state index in [1.807, 2.05) is 11.3 Å². The maximum absolute atomic E-state index is 2.48. The molecule has 10 aromatic carbocycles. The van der Waals surface area contributed by atoms with E-state index in [1.165, 1.54) is 98.1 Å². The zero-order chi connectivity index (χ0) is 42.0. The summed E-state index contributed by atoms with van der Waals surface area (Å²) in [6.07, 6.45) is 0. The van der Waals surface area contributed by atoms with Gasteiger partial charge in [0.05, 0.1) is 10.8 Å². The Bertz CT molecular complexity index is 3600. The van der Waals surface area contributed by atoms with E-state index < -0.39 is 10.8 Å². The predicted octanol–water partition coefficient (Wildman–Crippen LogP) is 16.2. The second kappa shape index (κ2) is 13.4. The highest BCUT2D eigenvalue weighted by Crippen LogP contribution is 2.63. The molecule has 1 nitrogen and oxygen atoms in total. The van der Waals surface area contributed by atoms with Crippen molar-refractivity contribution in [3.63, 3.8) is 0 Å². The van der Waals surface area contributed by atoms with Gasteiger partial charge in [-0.1, -0.05) is 188 Å². The Morgan fingerprint density at radius 2 is 0.672 bits per heavy atom. The summed E-state index contributed by atoms with van der Waals surface area (Å²) >= 11 is 1.87. The van der Waals surface area contributed by atoms with Gasteiger partial charge in [0.1, 0.15) is 0 Å². The third kappa shape index (κ3) is 4.63. The van der Waals surface area contributed by atoms with Crippen LogP contribution in [0.15, 0.2) is 237 Å². The van der Waals surface area contributed by atoms with E-state index in [2.05, 4.69) is 241 Å². The van der Waals surface area contributed by atoms with E-state index >= 15 is 0 Å². The van der Waals surface area contributed by atoms with Crippen LogP contribution < -0.4 is 4.90 Å². The first-order chi connectivity index (χ1) is 31.7. The molecule has 3 aliphatic carbocycles. The molecule has 0 amide bonds. The maximum atomic E-state index is 2.48. The number of benzene rings is 10. The van der Waals surface area contributed by atoms with Gasteiger partial charge in [0.25, 0.3) is 0 Å². The largest absolute Gasteiger partial charge is 0.310 e. The van der Waals surface area contributed by atoms with Crippen molar-refractivity contribution in [2.75, 3.05) is 4.90 Å². The second-order valence-electron chi connectivity index (χ2n) is 17.5. The van der Waals surface area contributed by atoms with Crippen LogP contribution in [0.2, 0.25) is 0 Å². The maximum Gasteiger partial charge on any atom is 0.0725 e. The fourth-order valence-electron chi connectivity index (χ4n) is 12.1. The molecule has 0 saturated carbocycles. The molecule has 0 atom stereocenters. The van der Waals surface area contributed by atoms with Crippen molar-refractivity contribution in [1.29, 1.82) is 0 Å². The molecule has 2 heteroatoms. The first-order valence-electron chi connectivity index (χ1n) is 22.3. The number of hydrogen-bond donors (Lipinski definition) is 0. The van der Waals surface area contributed by atoms with Crippen LogP contribution in [0.5, 0.6) is 0 Å². The second-order valence-corrected chi connectivity index (χ2v) is 18.6. The third-order valence-electron chi connectivity index (χ3n) is 14.6. The van der Waals surface area contributed by atoms with Crippen LogP contribution in [0.25, 0.3) is 53.6 Å². The van der Waals surface area contributed by atoms with Crippen LogP contribution in [0.3, 0.4) is 0 Å². The third-order valence-corrected chi connectivity index (χ3v) is 15.7. The standard InChI is InChI=1S/C62H39NS/c1-2-16-40(17-3-1)61(53-24-10-4-18-45(53)46-19-5-11-25-54(46)61)41-30-32-42(33-31-41)63(44-35-37-60-52(39-44)50-23-9-15-29-59(50)64-60)43-34-36-58-51(38-43)49-22-8-14-28-57(49)62(58)55-26-12-6-20-47(55)48-21-7-13-27-56(48)62/h1-39H. The topological polar surface area (TPSA) is 3.24 Å². The summed E-state index contributed by atoms with van der Waals surface area (Å²) in [6.45, 7) is 0. The van der Waals surface area contributed by atoms with Crippen LogP contribution in [-0.4, -0.2) is 0 Å². The van der Waals surface area contributed by atoms with Gasteiger partial charge in [0.15, 0.2) is 0 Å². The lowest BCUT2D eigenvalue weighted by molar-refractivity contribution is 0.768.